The summed E-state index contributed by atoms with van der Waals surface area (Å²) in [6.45, 7) is 0. The highest BCUT2D eigenvalue weighted by Crippen LogP contribution is 2.36. The highest BCUT2D eigenvalue weighted by molar-refractivity contribution is 14.2. The standard InChI is InChI=1S/C10H7Cl2IO6/c11-6-1-4(2-7(14)15)10(13(18)19)5(9(6)12)3-8(16)17/h1H,2-3H2,(H,14,15)(H,16,17). The van der Waals surface area contributed by atoms with Crippen molar-refractivity contribution in [3.05, 3.63) is 30.8 Å². The lowest BCUT2D eigenvalue weighted by Gasteiger charge is -2.10. The first-order valence-electron chi connectivity index (χ1n) is 4.72. The number of hydrogen-bond acceptors (Lipinski definition) is 4. The molecular formula is C10H7Cl2IO6. The fourth-order valence-electron chi connectivity index (χ4n) is 1.50. The molecule has 0 saturated heterocycles. The molecule has 0 bridgehead atoms. The summed E-state index contributed by atoms with van der Waals surface area (Å²) in [6, 6.07) is 1.14. The van der Waals surface area contributed by atoms with Gasteiger partial charge in [0.2, 0.25) is 0 Å². The van der Waals surface area contributed by atoms with Crippen molar-refractivity contribution < 1.29 is 25.9 Å². The predicted molar refractivity (Wildman–Crippen MR) is 73.2 cm³/mol. The number of hydrogen-bond donors (Lipinski definition) is 2. The van der Waals surface area contributed by atoms with Gasteiger partial charge < -0.3 is 10.2 Å². The second-order valence-corrected chi connectivity index (χ2v) is 6.59. The molecule has 0 fully saturated rings. The van der Waals surface area contributed by atoms with Crippen LogP contribution in [0.25, 0.3) is 0 Å². The summed E-state index contributed by atoms with van der Waals surface area (Å²) in [7, 11) is 0. The van der Waals surface area contributed by atoms with Crippen LogP contribution in [0.1, 0.15) is 11.1 Å². The van der Waals surface area contributed by atoms with E-state index in [1.54, 1.807) is 0 Å². The molecule has 1 rings (SSSR count). The van der Waals surface area contributed by atoms with E-state index in [0.29, 0.717) is 0 Å². The molecule has 0 unspecified atom stereocenters. The Hall–Kier alpha value is -0.930. The second-order valence-electron chi connectivity index (χ2n) is 3.48. The zero-order valence-corrected chi connectivity index (χ0v) is 12.8. The molecule has 0 heterocycles. The number of carboxylic acids is 2. The van der Waals surface area contributed by atoms with Gasteiger partial charge in [0.25, 0.3) is 0 Å². The lowest BCUT2D eigenvalue weighted by molar-refractivity contribution is -0.137. The van der Waals surface area contributed by atoms with E-state index < -0.39 is 44.6 Å². The van der Waals surface area contributed by atoms with Crippen LogP contribution in [0.15, 0.2) is 6.07 Å². The van der Waals surface area contributed by atoms with Crippen LogP contribution in [-0.4, -0.2) is 22.2 Å². The number of benzene rings is 1. The summed E-state index contributed by atoms with van der Waals surface area (Å²) in [6.07, 6.45) is -1.21. The third kappa shape index (κ3) is 4.02. The van der Waals surface area contributed by atoms with E-state index in [9.17, 15) is 15.7 Å². The molecule has 1 aromatic rings. The topological polar surface area (TPSA) is 109 Å². The fourth-order valence-corrected chi connectivity index (χ4v) is 4.03. The molecule has 0 aromatic heterocycles. The maximum atomic E-state index is 11.3. The van der Waals surface area contributed by atoms with Gasteiger partial charge >= 0.3 is 31.7 Å². The molecule has 0 spiro atoms. The molecule has 1 aromatic carbocycles. The Labute approximate surface area is 124 Å². The Kier molecular flexibility index (Phi) is 5.50. The molecule has 6 nitrogen and oxygen atoms in total. The summed E-state index contributed by atoms with van der Waals surface area (Å²) in [4.78, 5) is 21.4. The first-order chi connectivity index (χ1) is 8.73. The molecule has 0 atom stereocenters. The summed E-state index contributed by atoms with van der Waals surface area (Å²) < 4.78 is 22.3. The molecule has 0 saturated carbocycles. The van der Waals surface area contributed by atoms with Crippen molar-refractivity contribution >= 4 is 54.9 Å². The Morgan fingerprint density at radius 2 is 1.63 bits per heavy atom. The van der Waals surface area contributed by atoms with Crippen LogP contribution in [0.2, 0.25) is 10.0 Å². The SMILES string of the molecule is O=C(O)Cc1cc(Cl)c(Cl)c(CC(=O)O)c1I(=O)=O. The van der Waals surface area contributed by atoms with E-state index in [0.717, 1.165) is 6.07 Å². The van der Waals surface area contributed by atoms with E-state index in [1.165, 1.54) is 0 Å². The van der Waals surface area contributed by atoms with Gasteiger partial charge in [0.1, 0.15) is 0 Å². The molecule has 0 aliphatic rings. The van der Waals surface area contributed by atoms with E-state index in [4.69, 9.17) is 33.4 Å². The van der Waals surface area contributed by atoms with Crippen molar-refractivity contribution in [2.75, 3.05) is 0 Å². The van der Waals surface area contributed by atoms with Crippen LogP contribution >= 0.6 is 43.0 Å². The van der Waals surface area contributed by atoms with Crippen molar-refractivity contribution in [1.82, 2.24) is 0 Å². The molecular weight excluding hydrogens is 414 g/mol. The number of rotatable bonds is 5. The lowest BCUT2D eigenvalue weighted by Crippen LogP contribution is -2.09. The first-order valence-corrected chi connectivity index (χ1v) is 8.32. The second kappa shape index (κ2) is 6.49. The Morgan fingerprint density at radius 3 is 2.05 bits per heavy atom. The van der Waals surface area contributed by atoms with E-state index in [-0.39, 0.29) is 24.7 Å². The van der Waals surface area contributed by atoms with Gasteiger partial charge in [-0.2, -0.15) is 0 Å². The molecule has 104 valence electrons. The zero-order valence-electron chi connectivity index (χ0n) is 9.15. The van der Waals surface area contributed by atoms with Crippen LogP contribution in [-0.2, 0) is 28.6 Å². The average molecular weight is 421 g/mol. The van der Waals surface area contributed by atoms with Crippen LogP contribution in [0.5, 0.6) is 0 Å². The minimum Gasteiger partial charge on any atom is -0.481 e. The largest absolute Gasteiger partial charge is 0.481 e. The van der Waals surface area contributed by atoms with Gasteiger partial charge in [-0.3, -0.25) is 9.59 Å². The molecule has 19 heavy (non-hydrogen) atoms. The van der Waals surface area contributed by atoms with Crippen molar-refractivity contribution in [3.63, 3.8) is 0 Å². The number of carboxylic acid groups (broad SMARTS) is 2. The van der Waals surface area contributed by atoms with Crippen molar-refractivity contribution in [2.45, 2.75) is 12.8 Å². The maximum Gasteiger partial charge on any atom is 0.341 e. The Balaban J connectivity index is 3.61. The van der Waals surface area contributed by atoms with Crippen LogP contribution in [0.3, 0.4) is 0 Å². The average Bonchev–Trinajstić information content (AvgIpc) is 2.23. The van der Waals surface area contributed by atoms with Crippen LogP contribution < -0.4 is 0 Å². The van der Waals surface area contributed by atoms with Gasteiger partial charge in [0, 0.05) is 5.56 Å². The Bertz CT molecular complexity index is 615. The number of halogens is 3. The third-order valence-corrected chi connectivity index (χ3v) is 5.20. The molecule has 9 heteroatoms. The summed E-state index contributed by atoms with van der Waals surface area (Å²) in [5.41, 5.74) is -0.207. The van der Waals surface area contributed by atoms with Gasteiger partial charge in [-0.05, 0) is 11.6 Å². The summed E-state index contributed by atoms with van der Waals surface area (Å²) in [5, 5.41) is 17.2. The summed E-state index contributed by atoms with van der Waals surface area (Å²) >= 11 is 7.43. The molecule has 2 N–H and O–H groups in total. The van der Waals surface area contributed by atoms with Gasteiger partial charge in [-0.25, -0.2) is 6.14 Å². The zero-order chi connectivity index (χ0) is 14.7. The maximum absolute atomic E-state index is 11.3. The minimum atomic E-state index is -4.12. The molecule has 0 aliphatic carbocycles. The van der Waals surface area contributed by atoms with Crippen LogP contribution in [0.4, 0.5) is 0 Å². The van der Waals surface area contributed by atoms with E-state index in [2.05, 4.69) is 0 Å². The lowest BCUT2D eigenvalue weighted by atomic mass is 10.1. The van der Waals surface area contributed by atoms with Gasteiger partial charge in [-0.1, -0.05) is 23.2 Å². The fraction of sp³-hybridized carbons (Fsp3) is 0.200. The van der Waals surface area contributed by atoms with Gasteiger partial charge in [0.15, 0.2) is 0 Å². The first kappa shape index (κ1) is 16.1. The highest BCUT2D eigenvalue weighted by atomic mass is 127. The molecule has 0 amide bonds. The highest BCUT2D eigenvalue weighted by Gasteiger charge is 2.22. The third-order valence-electron chi connectivity index (χ3n) is 2.15. The normalized spacial score (nSPS) is 10.7. The van der Waals surface area contributed by atoms with Crippen LogP contribution in [0, 0.1) is 3.57 Å². The monoisotopic (exact) mass is 420 g/mol. The predicted octanol–water partition coefficient (Wildman–Crippen LogP) is 2.61. The van der Waals surface area contributed by atoms with E-state index >= 15 is 0 Å². The quantitative estimate of drug-likeness (QED) is 0.559. The van der Waals surface area contributed by atoms with Crippen molar-refractivity contribution in [3.8, 4) is 0 Å². The summed E-state index contributed by atoms with van der Waals surface area (Å²) in [5.74, 6) is -2.54. The minimum absolute atomic E-state index is 0.0478. The molecule has 0 radical (unpaired) electrons. The number of carbonyl (C=O) groups is 2. The number of aliphatic carboxylic acids is 2. The van der Waals surface area contributed by atoms with Gasteiger partial charge in [0.05, 0.1) is 26.5 Å². The van der Waals surface area contributed by atoms with E-state index in [1.807, 2.05) is 0 Å². The van der Waals surface area contributed by atoms with Crippen molar-refractivity contribution in [1.29, 1.82) is 0 Å². The van der Waals surface area contributed by atoms with Gasteiger partial charge in [-0.15, -0.1) is 0 Å². The Morgan fingerprint density at radius 1 is 1.11 bits per heavy atom. The molecule has 0 aliphatic heterocycles. The smallest absolute Gasteiger partial charge is 0.341 e. The van der Waals surface area contributed by atoms with Crippen molar-refractivity contribution in [2.24, 2.45) is 0 Å².